The first-order chi connectivity index (χ1) is 18.4. The Balaban J connectivity index is 1.75. The van der Waals surface area contributed by atoms with Crippen molar-refractivity contribution in [3.05, 3.63) is 71.8 Å². The molecule has 12 nitrogen and oxygen atoms in total. The van der Waals surface area contributed by atoms with Crippen LogP contribution in [0.15, 0.2) is 60.7 Å². The van der Waals surface area contributed by atoms with E-state index in [-0.39, 0.29) is 39.3 Å². The smallest absolute Gasteiger partial charge is 0.408 e. The first kappa shape index (κ1) is 30.1. The van der Waals surface area contributed by atoms with E-state index < -0.39 is 42.7 Å². The molecule has 2 aromatic rings. The van der Waals surface area contributed by atoms with Crippen LogP contribution in [0, 0.1) is 0 Å². The lowest BCUT2D eigenvalue weighted by Crippen LogP contribution is -2.55. The van der Waals surface area contributed by atoms with Crippen LogP contribution in [0.3, 0.4) is 0 Å². The molecule has 0 spiro atoms. The number of benzene rings is 2. The number of carbonyl (C=O) groups is 4. The Kier molecular flexibility index (Phi) is 13.7. The van der Waals surface area contributed by atoms with Gasteiger partial charge in [-0.15, -0.1) is 0 Å². The highest BCUT2D eigenvalue weighted by atomic mass is 16.6. The van der Waals surface area contributed by atoms with Gasteiger partial charge < -0.3 is 41.6 Å². The van der Waals surface area contributed by atoms with E-state index in [1.54, 1.807) is 12.1 Å². The summed E-state index contributed by atoms with van der Waals surface area (Å²) in [6.07, 6.45) is -0.819. The van der Waals surface area contributed by atoms with E-state index in [9.17, 15) is 24.3 Å². The summed E-state index contributed by atoms with van der Waals surface area (Å²) in [5.74, 6) is -1.34. The number of ether oxygens (including phenoxy) is 2. The van der Waals surface area contributed by atoms with Gasteiger partial charge in [-0.3, -0.25) is 9.59 Å². The summed E-state index contributed by atoms with van der Waals surface area (Å²) in [5, 5.41) is 19.5. The number of hydrogen-bond donors (Lipinski definition) is 6. The van der Waals surface area contributed by atoms with Crippen LogP contribution in [0.5, 0.6) is 0 Å². The van der Waals surface area contributed by atoms with E-state index in [0.29, 0.717) is 6.42 Å². The molecule has 0 unspecified atom stereocenters. The molecule has 0 radical (unpaired) electrons. The molecule has 0 heterocycles. The number of aliphatic hydroxyl groups excluding tert-OH is 1. The fourth-order valence-corrected chi connectivity index (χ4v) is 3.21. The average molecular weight is 530 g/mol. The van der Waals surface area contributed by atoms with Gasteiger partial charge in [0.2, 0.25) is 11.8 Å². The maximum atomic E-state index is 12.8. The maximum absolute atomic E-state index is 12.8. The predicted molar refractivity (Wildman–Crippen MR) is 138 cm³/mol. The number of nitrogens with two attached hydrogens (primary N) is 1. The topological polar surface area (TPSA) is 181 Å². The fourth-order valence-electron chi connectivity index (χ4n) is 3.21. The Morgan fingerprint density at radius 2 is 1.29 bits per heavy atom. The van der Waals surface area contributed by atoms with Crippen molar-refractivity contribution in [1.82, 2.24) is 21.3 Å². The van der Waals surface area contributed by atoms with Crippen LogP contribution in [0.1, 0.15) is 24.0 Å². The van der Waals surface area contributed by atoms with Gasteiger partial charge in [0.05, 0.1) is 6.61 Å². The zero-order valence-corrected chi connectivity index (χ0v) is 21.1. The molecule has 0 aliphatic carbocycles. The van der Waals surface area contributed by atoms with E-state index in [1.165, 1.54) is 0 Å². The number of rotatable bonds is 15. The summed E-state index contributed by atoms with van der Waals surface area (Å²) in [6, 6.07) is 15.9. The van der Waals surface area contributed by atoms with Crippen molar-refractivity contribution in [1.29, 1.82) is 0 Å². The summed E-state index contributed by atoms with van der Waals surface area (Å²) in [5.41, 5.74) is 7.15. The molecule has 206 valence electrons. The third kappa shape index (κ3) is 11.7. The van der Waals surface area contributed by atoms with Crippen molar-refractivity contribution >= 4 is 24.0 Å². The molecule has 0 bridgehead atoms. The number of hydrogen-bond acceptors (Lipinski definition) is 8. The maximum Gasteiger partial charge on any atom is 0.408 e. The third-order valence-corrected chi connectivity index (χ3v) is 5.24. The van der Waals surface area contributed by atoms with Crippen LogP contribution in [0.4, 0.5) is 9.59 Å². The minimum absolute atomic E-state index is 0.0212. The van der Waals surface area contributed by atoms with Gasteiger partial charge in [0.25, 0.3) is 0 Å². The number of amides is 4. The zero-order chi connectivity index (χ0) is 27.6. The Hall–Kier alpha value is -4.16. The van der Waals surface area contributed by atoms with Gasteiger partial charge in [0, 0.05) is 13.1 Å². The Bertz CT molecular complexity index is 1010. The SMILES string of the molecule is NCCC[C@H](NC(=O)OCc1ccccc1)C(=O)N[C@@H](CO)C(=O)NCCNC(=O)OCc1ccccc1. The molecular weight excluding hydrogens is 494 g/mol. The van der Waals surface area contributed by atoms with Gasteiger partial charge in [-0.2, -0.15) is 0 Å². The average Bonchev–Trinajstić information content (AvgIpc) is 2.94. The minimum Gasteiger partial charge on any atom is -0.445 e. The second kappa shape index (κ2) is 17.3. The molecule has 12 heteroatoms. The van der Waals surface area contributed by atoms with E-state index in [4.69, 9.17) is 15.2 Å². The molecule has 2 rings (SSSR count). The molecule has 2 atom stereocenters. The largest absolute Gasteiger partial charge is 0.445 e. The molecule has 0 saturated heterocycles. The van der Waals surface area contributed by atoms with E-state index in [2.05, 4.69) is 21.3 Å². The second-order valence-corrected chi connectivity index (χ2v) is 8.21. The lowest BCUT2D eigenvalue weighted by Gasteiger charge is -2.22. The van der Waals surface area contributed by atoms with Crippen molar-refractivity contribution in [3.8, 4) is 0 Å². The van der Waals surface area contributed by atoms with E-state index in [0.717, 1.165) is 11.1 Å². The van der Waals surface area contributed by atoms with Crippen LogP contribution in [-0.2, 0) is 32.3 Å². The molecule has 38 heavy (non-hydrogen) atoms. The highest BCUT2D eigenvalue weighted by Crippen LogP contribution is 2.03. The molecule has 0 aromatic heterocycles. The van der Waals surface area contributed by atoms with Crippen LogP contribution >= 0.6 is 0 Å². The third-order valence-electron chi connectivity index (χ3n) is 5.24. The first-order valence-corrected chi connectivity index (χ1v) is 12.2. The number of aliphatic hydroxyl groups is 1. The van der Waals surface area contributed by atoms with Crippen LogP contribution in [-0.4, -0.2) is 67.4 Å². The van der Waals surface area contributed by atoms with Crippen LogP contribution < -0.4 is 27.0 Å². The van der Waals surface area contributed by atoms with Gasteiger partial charge in [-0.05, 0) is 30.5 Å². The van der Waals surface area contributed by atoms with Gasteiger partial charge in [-0.1, -0.05) is 60.7 Å². The summed E-state index contributed by atoms with van der Waals surface area (Å²) >= 11 is 0. The predicted octanol–water partition coefficient (Wildman–Crippen LogP) is 0.540. The molecule has 0 aliphatic rings. The monoisotopic (exact) mass is 529 g/mol. The fraction of sp³-hybridized carbons (Fsp3) is 0.385. The van der Waals surface area contributed by atoms with Gasteiger partial charge in [-0.25, -0.2) is 9.59 Å². The summed E-state index contributed by atoms with van der Waals surface area (Å²) < 4.78 is 10.2. The molecule has 0 saturated carbocycles. The Labute approximate surface area is 221 Å². The summed E-state index contributed by atoms with van der Waals surface area (Å²) in [4.78, 5) is 49.2. The molecule has 4 amide bonds. The highest BCUT2D eigenvalue weighted by molar-refractivity contribution is 5.91. The lowest BCUT2D eigenvalue weighted by molar-refractivity contribution is -0.131. The van der Waals surface area contributed by atoms with E-state index in [1.807, 2.05) is 48.5 Å². The molecular formula is C26H35N5O7. The standard InChI is InChI=1S/C26H35N5O7/c27-13-7-12-21(31-26(36)38-18-20-10-5-2-6-11-20)24(34)30-22(16-32)23(33)28-14-15-29-25(35)37-17-19-8-3-1-4-9-19/h1-6,8-11,21-22,32H,7,12-18,27H2,(H,28,33)(H,29,35)(H,30,34)(H,31,36)/t21-,22-/m0/s1. The molecule has 0 aliphatic heterocycles. The Morgan fingerprint density at radius 3 is 1.84 bits per heavy atom. The summed E-state index contributed by atoms with van der Waals surface area (Å²) in [6.45, 7) is -0.155. The number of carbonyl (C=O) groups excluding carboxylic acids is 4. The molecule has 7 N–H and O–H groups in total. The summed E-state index contributed by atoms with van der Waals surface area (Å²) in [7, 11) is 0. The van der Waals surface area contributed by atoms with Crippen molar-refractivity contribution in [2.24, 2.45) is 5.73 Å². The quantitative estimate of drug-likeness (QED) is 0.181. The van der Waals surface area contributed by atoms with Crippen molar-refractivity contribution < 1.29 is 33.8 Å². The molecule has 0 fully saturated rings. The zero-order valence-electron chi connectivity index (χ0n) is 21.1. The van der Waals surface area contributed by atoms with Crippen LogP contribution in [0.2, 0.25) is 0 Å². The van der Waals surface area contributed by atoms with E-state index >= 15 is 0 Å². The lowest BCUT2D eigenvalue weighted by atomic mass is 10.1. The Morgan fingerprint density at radius 1 is 0.737 bits per heavy atom. The first-order valence-electron chi connectivity index (χ1n) is 12.2. The van der Waals surface area contributed by atoms with Crippen molar-refractivity contribution in [2.75, 3.05) is 26.2 Å². The highest BCUT2D eigenvalue weighted by Gasteiger charge is 2.26. The minimum atomic E-state index is -1.27. The van der Waals surface area contributed by atoms with Crippen molar-refractivity contribution in [3.63, 3.8) is 0 Å². The number of alkyl carbamates (subject to hydrolysis) is 2. The number of nitrogens with one attached hydrogen (secondary N) is 4. The normalized spacial score (nSPS) is 11.9. The molecule has 2 aromatic carbocycles. The van der Waals surface area contributed by atoms with Gasteiger partial charge in [0.15, 0.2) is 0 Å². The van der Waals surface area contributed by atoms with Gasteiger partial charge in [0.1, 0.15) is 25.3 Å². The van der Waals surface area contributed by atoms with Crippen LogP contribution in [0.25, 0.3) is 0 Å². The van der Waals surface area contributed by atoms with Crippen molar-refractivity contribution in [2.45, 2.75) is 38.1 Å². The van der Waals surface area contributed by atoms with Gasteiger partial charge >= 0.3 is 12.2 Å². The second-order valence-electron chi connectivity index (χ2n) is 8.21.